The maximum absolute atomic E-state index is 8.88. The van der Waals surface area contributed by atoms with Crippen LogP contribution in [0.25, 0.3) is 0 Å². The van der Waals surface area contributed by atoms with Crippen molar-refractivity contribution in [1.82, 2.24) is 0 Å². The molecule has 0 radical (unpaired) electrons. The van der Waals surface area contributed by atoms with Crippen LogP contribution in [0.2, 0.25) is 0 Å². The minimum atomic E-state index is -0.790. The molecule has 0 aromatic heterocycles. The van der Waals surface area contributed by atoms with Gasteiger partial charge in [-0.2, -0.15) is 0 Å². The van der Waals surface area contributed by atoms with Crippen molar-refractivity contribution in [1.29, 1.82) is 0 Å². The Balaban J connectivity index is 3.07. The van der Waals surface area contributed by atoms with Crippen LogP contribution in [-0.2, 0) is 4.74 Å². The van der Waals surface area contributed by atoms with Gasteiger partial charge in [-0.15, -0.1) is 0 Å². The van der Waals surface area contributed by atoms with Crippen LogP contribution >= 0.6 is 0 Å². The quantitative estimate of drug-likeness (QED) is 0.363. The van der Waals surface area contributed by atoms with Gasteiger partial charge in [0, 0.05) is 0 Å². The SMILES string of the molecule is C=CC(O)OCCCC(C)C. The van der Waals surface area contributed by atoms with Gasteiger partial charge in [0.1, 0.15) is 0 Å². The molecule has 0 heterocycles. The Kier molecular flexibility index (Phi) is 6.18. The fourth-order valence-corrected chi connectivity index (χ4v) is 0.764. The summed E-state index contributed by atoms with van der Waals surface area (Å²) in [7, 11) is 0. The number of aliphatic hydroxyl groups excluding tert-OH is 1. The second-order valence-electron chi connectivity index (χ2n) is 3.03. The van der Waals surface area contributed by atoms with Crippen molar-refractivity contribution >= 4 is 0 Å². The highest BCUT2D eigenvalue weighted by molar-refractivity contribution is 4.69. The maximum atomic E-state index is 8.88. The third-order valence-corrected chi connectivity index (χ3v) is 1.42. The molecule has 0 aromatic carbocycles. The zero-order chi connectivity index (χ0) is 8.69. The van der Waals surface area contributed by atoms with Gasteiger partial charge in [0.15, 0.2) is 6.29 Å². The summed E-state index contributed by atoms with van der Waals surface area (Å²) >= 11 is 0. The number of rotatable bonds is 6. The summed E-state index contributed by atoms with van der Waals surface area (Å²) in [6, 6.07) is 0. The smallest absolute Gasteiger partial charge is 0.173 e. The van der Waals surface area contributed by atoms with Gasteiger partial charge in [0.05, 0.1) is 6.61 Å². The normalized spacial score (nSPS) is 13.5. The number of aliphatic hydroxyl groups is 1. The zero-order valence-electron chi connectivity index (χ0n) is 7.42. The molecule has 0 aliphatic carbocycles. The molecule has 0 fully saturated rings. The summed E-state index contributed by atoms with van der Waals surface area (Å²) < 4.78 is 4.98. The predicted molar refractivity (Wildman–Crippen MR) is 46.2 cm³/mol. The van der Waals surface area contributed by atoms with E-state index < -0.39 is 6.29 Å². The zero-order valence-corrected chi connectivity index (χ0v) is 7.42. The van der Waals surface area contributed by atoms with E-state index in [0.29, 0.717) is 12.5 Å². The van der Waals surface area contributed by atoms with E-state index in [1.165, 1.54) is 6.08 Å². The van der Waals surface area contributed by atoms with E-state index in [1.807, 2.05) is 0 Å². The van der Waals surface area contributed by atoms with Crippen LogP contribution < -0.4 is 0 Å². The van der Waals surface area contributed by atoms with E-state index in [2.05, 4.69) is 20.4 Å². The maximum Gasteiger partial charge on any atom is 0.173 e. The molecule has 1 N–H and O–H groups in total. The molecule has 0 saturated heterocycles. The van der Waals surface area contributed by atoms with Crippen molar-refractivity contribution in [2.75, 3.05) is 6.61 Å². The topological polar surface area (TPSA) is 29.5 Å². The summed E-state index contributed by atoms with van der Waals surface area (Å²) in [5, 5.41) is 8.88. The molecule has 1 atom stereocenters. The van der Waals surface area contributed by atoms with Crippen LogP contribution in [0.4, 0.5) is 0 Å². The highest BCUT2D eigenvalue weighted by Gasteiger charge is 1.97. The monoisotopic (exact) mass is 158 g/mol. The average Bonchev–Trinajstić information content (AvgIpc) is 1.97. The second-order valence-corrected chi connectivity index (χ2v) is 3.03. The minimum Gasteiger partial charge on any atom is -0.365 e. The van der Waals surface area contributed by atoms with Crippen LogP contribution in [0.15, 0.2) is 12.7 Å². The molecule has 0 amide bonds. The van der Waals surface area contributed by atoms with Gasteiger partial charge in [0.25, 0.3) is 0 Å². The molecule has 0 aliphatic heterocycles. The van der Waals surface area contributed by atoms with Crippen molar-refractivity contribution < 1.29 is 9.84 Å². The lowest BCUT2D eigenvalue weighted by atomic mass is 10.1. The highest BCUT2D eigenvalue weighted by Crippen LogP contribution is 2.03. The summed E-state index contributed by atoms with van der Waals surface area (Å²) in [4.78, 5) is 0. The third-order valence-electron chi connectivity index (χ3n) is 1.42. The summed E-state index contributed by atoms with van der Waals surface area (Å²) in [6.45, 7) is 8.36. The first kappa shape index (κ1) is 10.7. The molecule has 0 aliphatic rings. The first-order chi connectivity index (χ1) is 5.16. The Morgan fingerprint density at radius 1 is 1.55 bits per heavy atom. The van der Waals surface area contributed by atoms with E-state index in [0.717, 1.165) is 12.8 Å². The van der Waals surface area contributed by atoms with Crippen molar-refractivity contribution in [2.45, 2.75) is 33.0 Å². The first-order valence-corrected chi connectivity index (χ1v) is 4.09. The fourth-order valence-electron chi connectivity index (χ4n) is 0.764. The first-order valence-electron chi connectivity index (χ1n) is 4.09. The Morgan fingerprint density at radius 2 is 2.18 bits per heavy atom. The van der Waals surface area contributed by atoms with Crippen LogP contribution in [0, 0.1) is 5.92 Å². The lowest BCUT2D eigenvalue weighted by Crippen LogP contribution is -2.09. The van der Waals surface area contributed by atoms with Crippen molar-refractivity contribution in [2.24, 2.45) is 5.92 Å². The van der Waals surface area contributed by atoms with Gasteiger partial charge in [-0.1, -0.05) is 20.4 Å². The van der Waals surface area contributed by atoms with Gasteiger partial charge in [-0.05, 0) is 24.8 Å². The molecular weight excluding hydrogens is 140 g/mol. The fraction of sp³-hybridized carbons (Fsp3) is 0.778. The van der Waals surface area contributed by atoms with Gasteiger partial charge < -0.3 is 9.84 Å². The molecule has 0 rings (SSSR count). The average molecular weight is 158 g/mol. The van der Waals surface area contributed by atoms with Gasteiger partial charge in [0.2, 0.25) is 0 Å². The Labute approximate surface area is 68.9 Å². The van der Waals surface area contributed by atoms with Gasteiger partial charge in [-0.3, -0.25) is 0 Å². The molecule has 0 aromatic rings. The second kappa shape index (κ2) is 6.38. The Morgan fingerprint density at radius 3 is 2.64 bits per heavy atom. The summed E-state index contributed by atoms with van der Waals surface area (Å²) in [5.41, 5.74) is 0. The molecule has 11 heavy (non-hydrogen) atoms. The number of hydrogen-bond acceptors (Lipinski definition) is 2. The lowest BCUT2D eigenvalue weighted by Gasteiger charge is -2.07. The summed E-state index contributed by atoms with van der Waals surface area (Å²) in [6.07, 6.45) is 2.74. The van der Waals surface area contributed by atoms with Crippen molar-refractivity contribution in [3.8, 4) is 0 Å². The van der Waals surface area contributed by atoms with Crippen LogP contribution in [0.1, 0.15) is 26.7 Å². The van der Waals surface area contributed by atoms with Crippen molar-refractivity contribution in [3.05, 3.63) is 12.7 Å². The molecule has 2 nitrogen and oxygen atoms in total. The van der Waals surface area contributed by atoms with Crippen LogP contribution in [0.3, 0.4) is 0 Å². The molecular formula is C9H18O2. The number of hydrogen-bond donors (Lipinski definition) is 1. The van der Waals surface area contributed by atoms with E-state index in [4.69, 9.17) is 9.84 Å². The third kappa shape index (κ3) is 7.56. The van der Waals surface area contributed by atoms with E-state index in [1.54, 1.807) is 0 Å². The molecule has 0 bridgehead atoms. The van der Waals surface area contributed by atoms with Crippen LogP contribution in [-0.4, -0.2) is 18.0 Å². The summed E-state index contributed by atoms with van der Waals surface area (Å²) in [5.74, 6) is 0.708. The van der Waals surface area contributed by atoms with Gasteiger partial charge >= 0.3 is 0 Å². The van der Waals surface area contributed by atoms with Crippen LogP contribution in [0.5, 0.6) is 0 Å². The lowest BCUT2D eigenvalue weighted by molar-refractivity contribution is -0.0653. The molecule has 0 saturated carbocycles. The molecule has 1 unspecified atom stereocenters. The Bertz CT molecular complexity index is 99.7. The van der Waals surface area contributed by atoms with E-state index >= 15 is 0 Å². The molecule has 66 valence electrons. The van der Waals surface area contributed by atoms with E-state index in [9.17, 15) is 0 Å². The molecule has 0 spiro atoms. The largest absolute Gasteiger partial charge is 0.365 e. The standard InChI is InChI=1S/C9H18O2/c1-4-9(10)11-7-5-6-8(2)3/h4,8-10H,1,5-7H2,2-3H3. The minimum absolute atomic E-state index is 0.616. The Hall–Kier alpha value is -0.340. The molecule has 2 heteroatoms. The number of ether oxygens (including phenoxy) is 1. The van der Waals surface area contributed by atoms with Gasteiger partial charge in [-0.25, -0.2) is 0 Å². The van der Waals surface area contributed by atoms with Crippen molar-refractivity contribution in [3.63, 3.8) is 0 Å². The highest BCUT2D eigenvalue weighted by atomic mass is 16.6. The predicted octanol–water partition coefficient (Wildman–Crippen LogP) is 1.94. The van der Waals surface area contributed by atoms with E-state index in [-0.39, 0.29) is 0 Å².